The van der Waals surface area contributed by atoms with Crippen LogP contribution in [-0.4, -0.2) is 0 Å². The maximum Gasteiger partial charge on any atom is 0.161 e. The lowest BCUT2D eigenvalue weighted by atomic mass is 10.2. The average molecular weight is 160 g/mol. The zero-order valence-electron chi connectivity index (χ0n) is 6.13. The van der Waals surface area contributed by atoms with Crippen molar-refractivity contribution in [1.82, 2.24) is 0 Å². The Morgan fingerprint density at radius 3 is 2.83 bits per heavy atom. The molecular formula is C9H5FN2. The standard InChI is InChI=1S/C9H5FN2/c10-9-7(4-2-6-11)3-1-5-8(9)12/h1,3,5H,12H2. The topological polar surface area (TPSA) is 49.8 Å². The van der Waals surface area contributed by atoms with Crippen LogP contribution in [0.5, 0.6) is 0 Å². The van der Waals surface area contributed by atoms with E-state index in [0.29, 0.717) is 0 Å². The SMILES string of the molecule is N#CC#Cc1cccc(N)c1F. The minimum Gasteiger partial charge on any atom is -0.396 e. The van der Waals surface area contributed by atoms with Crippen LogP contribution in [-0.2, 0) is 0 Å². The number of anilines is 1. The summed E-state index contributed by atoms with van der Waals surface area (Å²) in [7, 11) is 0. The molecule has 58 valence electrons. The molecule has 1 aromatic rings. The van der Waals surface area contributed by atoms with E-state index >= 15 is 0 Å². The number of rotatable bonds is 0. The minimum absolute atomic E-state index is 0.0414. The van der Waals surface area contributed by atoms with Crippen LogP contribution < -0.4 is 5.73 Å². The number of hydrogen-bond donors (Lipinski definition) is 1. The lowest BCUT2D eigenvalue weighted by Crippen LogP contribution is -1.92. The molecule has 0 aliphatic rings. The number of nitrogens with zero attached hydrogens (tertiary/aromatic N) is 1. The molecule has 0 atom stereocenters. The summed E-state index contributed by atoms with van der Waals surface area (Å²) < 4.78 is 13.0. The zero-order chi connectivity index (χ0) is 8.97. The molecular weight excluding hydrogens is 155 g/mol. The van der Waals surface area contributed by atoms with Gasteiger partial charge >= 0.3 is 0 Å². The van der Waals surface area contributed by atoms with Crippen LogP contribution in [0.2, 0.25) is 0 Å². The Hall–Kier alpha value is -2.00. The third-order valence-electron chi connectivity index (χ3n) is 1.28. The largest absolute Gasteiger partial charge is 0.396 e. The van der Waals surface area contributed by atoms with Gasteiger partial charge in [-0.25, -0.2) is 4.39 Å². The monoisotopic (exact) mass is 160 g/mol. The highest BCUT2D eigenvalue weighted by Crippen LogP contribution is 2.12. The molecule has 2 nitrogen and oxygen atoms in total. The molecule has 3 heteroatoms. The highest BCUT2D eigenvalue weighted by atomic mass is 19.1. The van der Waals surface area contributed by atoms with Crippen molar-refractivity contribution < 1.29 is 4.39 Å². The van der Waals surface area contributed by atoms with Crippen LogP contribution in [0.4, 0.5) is 10.1 Å². The number of benzene rings is 1. The molecule has 0 fully saturated rings. The van der Waals surface area contributed by atoms with Gasteiger partial charge in [-0.3, -0.25) is 0 Å². The normalized spacial score (nSPS) is 8.00. The predicted octanol–water partition coefficient (Wildman–Crippen LogP) is 1.28. The highest BCUT2D eigenvalue weighted by Gasteiger charge is 2.00. The van der Waals surface area contributed by atoms with Crippen molar-refractivity contribution in [1.29, 1.82) is 5.26 Å². The first-order valence-corrected chi connectivity index (χ1v) is 3.20. The van der Waals surface area contributed by atoms with E-state index in [1.54, 1.807) is 12.1 Å². The average Bonchev–Trinajstić information content (AvgIpc) is 2.08. The molecule has 0 bridgehead atoms. The Labute approximate surface area is 69.4 Å². The summed E-state index contributed by atoms with van der Waals surface area (Å²) in [6.07, 6.45) is 0. The van der Waals surface area contributed by atoms with Crippen molar-refractivity contribution >= 4 is 5.69 Å². The van der Waals surface area contributed by atoms with Gasteiger partial charge in [0.05, 0.1) is 11.3 Å². The molecule has 2 N–H and O–H groups in total. The highest BCUT2D eigenvalue weighted by molar-refractivity contribution is 5.49. The number of nitrogens with two attached hydrogens (primary N) is 1. The van der Waals surface area contributed by atoms with Gasteiger partial charge in [-0.15, -0.1) is 0 Å². The van der Waals surface area contributed by atoms with Gasteiger partial charge in [-0.1, -0.05) is 6.07 Å². The van der Waals surface area contributed by atoms with Crippen LogP contribution in [0.15, 0.2) is 18.2 Å². The Balaban J connectivity index is 3.19. The van der Waals surface area contributed by atoms with Gasteiger partial charge in [0.2, 0.25) is 0 Å². The predicted molar refractivity (Wildman–Crippen MR) is 43.3 cm³/mol. The van der Waals surface area contributed by atoms with E-state index in [2.05, 4.69) is 11.8 Å². The second kappa shape index (κ2) is 3.41. The second-order valence-electron chi connectivity index (χ2n) is 2.07. The van der Waals surface area contributed by atoms with Crippen LogP contribution in [0.1, 0.15) is 5.56 Å². The van der Waals surface area contributed by atoms with Crippen molar-refractivity contribution in [3.05, 3.63) is 29.6 Å². The van der Waals surface area contributed by atoms with Crippen molar-refractivity contribution in [2.75, 3.05) is 5.73 Å². The number of nitriles is 1. The molecule has 0 aliphatic heterocycles. The molecule has 0 spiro atoms. The van der Waals surface area contributed by atoms with Crippen LogP contribution >= 0.6 is 0 Å². The van der Waals surface area contributed by atoms with E-state index in [0.717, 1.165) is 0 Å². The molecule has 0 unspecified atom stereocenters. The third-order valence-corrected chi connectivity index (χ3v) is 1.28. The van der Waals surface area contributed by atoms with E-state index in [1.165, 1.54) is 12.1 Å². The first-order chi connectivity index (χ1) is 5.75. The molecule has 0 aromatic heterocycles. The summed E-state index contributed by atoms with van der Waals surface area (Å²) in [5.74, 6) is 3.86. The minimum atomic E-state index is -0.569. The maximum atomic E-state index is 13.0. The summed E-state index contributed by atoms with van der Waals surface area (Å²) >= 11 is 0. The summed E-state index contributed by atoms with van der Waals surface area (Å²) in [4.78, 5) is 0. The Bertz CT molecular complexity index is 393. The van der Waals surface area contributed by atoms with E-state index in [9.17, 15) is 4.39 Å². The van der Waals surface area contributed by atoms with Crippen molar-refractivity contribution in [2.45, 2.75) is 0 Å². The number of hydrogen-bond acceptors (Lipinski definition) is 2. The van der Waals surface area contributed by atoms with Gasteiger partial charge in [0, 0.05) is 5.92 Å². The van der Waals surface area contributed by atoms with Gasteiger partial charge in [0.1, 0.15) is 0 Å². The van der Waals surface area contributed by atoms with E-state index in [4.69, 9.17) is 11.0 Å². The molecule has 12 heavy (non-hydrogen) atoms. The van der Waals surface area contributed by atoms with Gasteiger partial charge in [0.25, 0.3) is 0 Å². The molecule has 0 aliphatic carbocycles. The van der Waals surface area contributed by atoms with Gasteiger partial charge in [-0.05, 0) is 18.1 Å². The maximum absolute atomic E-state index is 13.0. The molecule has 0 saturated heterocycles. The van der Waals surface area contributed by atoms with Crippen molar-refractivity contribution in [3.63, 3.8) is 0 Å². The summed E-state index contributed by atoms with van der Waals surface area (Å²) in [6.45, 7) is 0. The fraction of sp³-hybridized carbons (Fsp3) is 0. The molecule has 0 saturated carbocycles. The molecule has 1 rings (SSSR count). The Morgan fingerprint density at radius 2 is 2.17 bits per heavy atom. The Kier molecular flexibility index (Phi) is 2.30. The van der Waals surface area contributed by atoms with Crippen LogP contribution in [0, 0.1) is 29.0 Å². The Morgan fingerprint density at radius 1 is 1.42 bits per heavy atom. The van der Waals surface area contributed by atoms with Crippen LogP contribution in [0.25, 0.3) is 0 Å². The number of halogens is 1. The van der Waals surface area contributed by atoms with Crippen LogP contribution in [0.3, 0.4) is 0 Å². The summed E-state index contributed by atoms with van der Waals surface area (Å²) in [5, 5.41) is 8.11. The number of nitrogen functional groups attached to an aromatic ring is 1. The van der Waals surface area contributed by atoms with E-state index < -0.39 is 5.82 Å². The lowest BCUT2D eigenvalue weighted by Gasteiger charge is -1.96. The van der Waals surface area contributed by atoms with Gasteiger partial charge < -0.3 is 5.73 Å². The van der Waals surface area contributed by atoms with Gasteiger partial charge in [0.15, 0.2) is 11.9 Å². The molecule has 0 radical (unpaired) electrons. The lowest BCUT2D eigenvalue weighted by molar-refractivity contribution is 0.629. The second-order valence-corrected chi connectivity index (χ2v) is 2.07. The molecule has 0 amide bonds. The van der Waals surface area contributed by atoms with Crippen molar-refractivity contribution in [2.24, 2.45) is 0 Å². The summed E-state index contributed by atoms with van der Waals surface area (Å²) in [6, 6.07) is 6.08. The van der Waals surface area contributed by atoms with Crippen molar-refractivity contribution in [3.8, 4) is 17.9 Å². The van der Waals surface area contributed by atoms with E-state index in [1.807, 2.05) is 0 Å². The fourth-order valence-corrected chi connectivity index (χ4v) is 0.742. The quantitative estimate of drug-likeness (QED) is 0.459. The first-order valence-electron chi connectivity index (χ1n) is 3.20. The van der Waals surface area contributed by atoms with E-state index in [-0.39, 0.29) is 11.3 Å². The molecule has 1 aromatic carbocycles. The fourth-order valence-electron chi connectivity index (χ4n) is 0.742. The zero-order valence-corrected chi connectivity index (χ0v) is 6.13. The summed E-state index contributed by atoms with van der Waals surface area (Å²) in [5.41, 5.74) is 5.46. The first kappa shape index (κ1) is 8.10. The molecule has 0 heterocycles. The third kappa shape index (κ3) is 1.53. The van der Waals surface area contributed by atoms with Gasteiger partial charge in [-0.2, -0.15) is 5.26 Å². The smallest absolute Gasteiger partial charge is 0.161 e.